The van der Waals surface area contributed by atoms with Gasteiger partial charge in [-0.2, -0.15) is 0 Å². The summed E-state index contributed by atoms with van der Waals surface area (Å²) in [4.78, 5) is 32.3. The third-order valence-corrected chi connectivity index (χ3v) is 2.79. The average molecular weight is 234 g/mol. The number of anilines is 1. The molecule has 0 spiro atoms. The van der Waals surface area contributed by atoms with Gasteiger partial charge in [-0.3, -0.25) is 14.5 Å². The first-order chi connectivity index (χ1) is 8.11. The Morgan fingerprint density at radius 1 is 1.47 bits per heavy atom. The van der Waals surface area contributed by atoms with Crippen LogP contribution in [0.2, 0.25) is 0 Å². The molecule has 6 nitrogen and oxygen atoms in total. The lowest BCUT2D eigenvalue weighted by Gasteiger charge is -2.11. The Labute approximate surface area is 99.1 Å². The number of carbonyl (C=O) groups excluding carboxylic acids is 2. The first-order valence-corrected chi connectivity index (χ1v) is 5.49. The number of amides is 2. The topological polar surface area (TPSA) is 75.2 Å². The van der Waals surface area contributed by atoms with Crippen molar-refractivity contribution in [3.63, 3.8) is 0 Å². The number of aryl methyl sites for hydroxylation is 1. The van der Waals surface area contributed by atoms with Gasteiger partial charge in [0, 0.05) is 18.8 Å². The molecule has 1 aliphatic heterocycles. The second kappa shape index (κ2) is 4.48. The van der Waals surface area contributed by atoms with Gasteiger partial charge in [0.05, 0.1) is 6.42 Å². The average Bonchev–Trinajstić information content (AvgIpc) is 2.57. The van der Waals surface area contributed by atoms with Crippen molar-refractivity contribution in [3.8, 4) is 0 Å². The van der Waals surface area contributed by atoms with Gasteiger partial charge >= 0.3 is 0 Å². The lowest BCUT2D eigenvalue weighted by molar-refractivity contribution is -0.136. The fourth-order valence-electron chi connectivity index (χ4n) is 1.72. The standard InChI is InChI=1S/C11H14N4O2/c1-3-7-4-9(13-6-12-7)14-8-5-10(16)15(2)11(8)17/h4,6,8H,3,5H2,1-2H3,(H,12,13,14). The highest BCUT2D eigenvalue weighted by Crippen LogP contribution is 2.15. The van der Waals surface area contributed by atoms with Crippen LogP contribution in [0.25, 0.3) is 0 Å². The lowest BCUT2D eigenvalue weighted by atomic mass is 10.2. The first-order valence-electron chi connectivity index (χ1n) is 5.49. The highest BCUT2D eigenvalue weighted by atomic mass is 16.2. The second-order valence-electron chi connectivity index (χ2n) is 3.94. The van der Waals surface area contributed by atoms with Gasteiger partial charge in [0.25, 0.3) is 5.91 Å². The summed E-state index contributed by atoms with van der Waals surface area (Å²) in [7, 11) is 1.49. The lowest BCUT2D eigenvalue weighted by Crippen LogP contribution is -2.32. The summed E-state index contributed by atoms with van der Waals surface area (Å²) in [5.41, 5.74) is 0.896. The fourth-order valence-corrected chi connectivity index (χ4v) is 1.72. The molecule has 1 unspecified atom stereocenters. The van der Waals surface area contributed by atoms with E-state index in [1.54, 1.807) is 6.07 Å². The summed E-state index contributed by atoms with van der Waals surface area (Å²) < 4.78 is 0. The van der Waals surface area contributed by atoms with Crippen LogP contribution in [0.4, 0.5) is 5.82 Å². The minimum Gasteiger partial charge on any atom is -0.358 e. The van der Waals surface area contributed by atoms with Crippen LogP contribution in [0.15, 0.2) is 12.4 Å². The van der Waals surface area contributed by atoms with E-state index in [4.69, 9.17) is 0 Å². The van der Waals surface area contributed by atoms with Crippen LogP contribution >= 0.6 is 0 Å². The van der Waals surface area contributed by atoms with Crippen molar-refractivity contribution in [2.45, 2.75) is 25.8 Å². The van der Waals surface area contributed by atoms with E-state index in [1.807, 2.05) is 6.92 Å². The Balaban J connectivity index is 2.11. The van der Waals surface area contributed by atoms with Gasteiger partial charge in [-0.15, -0.1) is 0 Å². The number of likely N-dealkylation sites (N-methyl/N-ethyl adjacent to an activating group) is 1. The molecule has 0 saturated carbocycles. The van der Waals surface area contributed by atoms with Crippen molar-refractivity contribution in [1.82, 2.24) is 14.9 Å². The van der Waals surface area contributed by atoms with Gasteiger partial charge in [0.1, 0.15) is 18.2 Å². The highest BCUT2D eigenvalue weighted by molar-refractivity contribution is 6.06. The molecule has 1 saturated heterocycles. The number of nitrogens with one attached hydrogen (secondary N) is 1. The summed E-state index contributed by atoms with van der Waals surface area (Å²) in [5, 5.41) is 2.96. The van der Waals surface area contributed by atoms with Gasteiger partial charge < -0.3 is 5.32 Å². The number of carbonyl (C=O) groups is 2. The van der Waals surface area contributed by atoms with Gasteiger partial charge in [0.2, 0.25) is 5.91 Å². The zero-order valence-electron chi connectivity index (χ0n) is 9.80. The molecular weight excluding hydrogens is 220 g/mol. The SMILES string of the molecule is CCc1cc(NC2CC(=O)N(C)C2=O)ncn1. The van der Waals surface area contributed by atoms with Crippen LogP contribution in [0.5, 0.6) is 0 Å². The summed E-state index contributed by atoms with van der Waals surface area (Å²) in [6.07, 6.45) is 2.43. The van der Waals surface area contributed by atoms with Crippen LogP contribution in [0.1, 0.15) is 19.0 Å². The van der Waals surface area contributed by atoms with Gasteiger partial charge in [0.15, 0.2) is 0 Å². The van der Waals surface area contributed by atoms with Crippen molar-refractivity contribution in [2.75, 3.05) is 12.4 Å². The zero-order valence-corrected chi connectivity index (χ0v) is 9.80. The molecular formula is C11H14N4O2. The van der Waals surface area contributed by atoms with Crippen LogP contribution < -0.4 is 5.32 Å². The van der Waals surface area contributed by atoms with Crippen molar-refractivity contribution >= 4 is 17.6 Å². The van der Waals surface area contributed by atoms with Crippen molar-refractivity contribution in [2.24, 2.45) is 0 Å². The number of likely N-dealkylation sites (tertiary alicyclic amines) is 1. The predicted molar refractivity (Wildman–Crippen MR) is 61.2 cm³/mol. The monoisotopic (exact) mass is 234 g/mol. The van der Waals surface area contributed by atoms with Crippen molar-refractivity contribution in [1.29, 1.82) is 0 Å². The molecule has 0 radical (unpaired) electrons. The molecule has 1 aromatic heterocycles. The molecule has 6 heteroatoms. The van der Waals surface area contributed by atoms with E-state index in [-0.39, 0.29) is 18.2 Å². The third kappa shape index (κ3) is 2.25. The normalized spacial score (nSPS) is 19.9. The molecule has 1 aliphatic rings. The molecule has 1 fully saturated rings. The van der Waals surface area contributed by atoms with Crippen LogP contribution in [-0.2, 0) is 16.0 Å². The Kier molecular flexibility index (Phi) is 3.03. The maximum atomic E-state index is 11.7. The Hall–Kier alpha value is -1.98. The van der Waals surface area contributed by atoms with E-state index < -0.39 is 6.04 Å². The van der Waals surface area contributed by atoms with E-state index in [2.05, 4.69) is 15.3 Å². The Morgan fingerprint density at radius 2 is 2.24 bits per heavy atom. The maximum absolute atomic E-state index is 11.7. The molecule has 2 heterocycles. The summed E-state index contributed by atoms with van der Waals surface area (Å²) in [6.45, 7) is 1.99. The van der Waals surface area contributed by atoms with Crippen molar-refractivity contribution < 1.29 is 9.59 Å². The number of hydrogen-bond donors (Lipinski definition) is 1. The third-order valence-electron chi connectivity index (χ3n) is 2.79. The molecule has 0 aromatic carbocycles. The first kappa shape index (κ1) is 11.5. The van der Waals surface area contributed by atoms with E-state index in [0.717, 1.165) is 17.0 Å². The molecule has 17 heavy (non-hydrogen) atoms. The molecule has 1 atom stereocenters. The quantitative estimate of drug-likeness (QED) is 0.756. The smallest absolute Gasteiger partial charge is 0.251 e. The summed E-state index contributed by atoms with van der Waals surface area (Å²) in [5.74, 6) is 0.197. The van der Waals surface area contributed by atoms with Gasteiger partial charge in [-0.05, 0) is 6.42 Å². The fraction of sp³-hybridized carbons (Fsp3) is 0.455. The molecule has 0 bridgehead atoms. The number of imide groups is 1. The Morgan fingerprint density at radius 3 is 2.82 bits per heavy atom. The molecule has 90 valence electrons. The van der Waals surface area contributed by atoms with E-state index in [9.17, 15) is 9.59 Å². The Bertz CT molecular complexity index is 461. The van der Waals surface area contributed by atoms with Crippen LogP contribution in [0, 0.1) is 0 Å². The number of aromatic nitrogens is 2. The van der Waals surface area contributed by atoms with E-state index >= 15 is 0 Å². The van der Waals surface area contributed by atoms with Crippen LogP contribution in [0.3, 0.4) is 0 Å². The van der Waals surface area contributed by atoms with Gasteiger partial charge in [-0.1, -0.05) is 6.92 Å². The number of rotatable bonds is 3. The summed E-state index contributed by atoms with van der Waals surface area (Å²) >= 11 is 0. The maximum Gasteiger partial charge on any atom is 0.251 e. The van der Waals surface area contributed by atoms with Crippen molar-refractivity contribution in [3.05, 3.63) is 18.1 Å². The molecule has 0 aliphatic carbocycles. The predicted octanol–water partition coefficient (Wildman–Crippen LogP) is 0.208. The zero-order chi connectivity index (χ0) is 12.4. The number of nitrogens with zero attached hydrogens (tertiary/aromatic N) is 3. The van der Waals surface area contributed by atoms with Gasteiger partial charge in [-0.25, -0.2) is 9.97 Å². The van der Waals surface area contributed by atoms with E-state index in [0.29, 0.717) is 5.82 Å². The minimum atomic E-state index is -0.507. The van der Waals surface area contributed by atoms with E-state index in [1.165, 1.54) is 13.4 Å². The summed E-state index contributed by atoms with van der Waals surface area (Å²) in [6, 6.07) is 1.28. The molecule has 2 amide bonds. The number of hydrogen-bond acceptors (Lipinski definition) is 5. The second-order valence-corrected chi connectivity index (χ2v) is 3.94. The largest absolute Gasteiger partial charge is 0.358 e. The molecule has 1 N–H and O–H groups in total. The molecule has 1 aromatic rings. The molecule has 2 rings (SSSR count). The highest BCUT2D eigenvalue weighted by Gasteiger charge is 2.36. The van der Waals surface area contributed by atoms with Crippen LogP contribution in [-0.4, -0.2) is 39.8 Å². The minimum absolute atomic E-state index is 0.169.